The molecular formula is C21H17Cl3N4O3S. The van der Waals surface area contributed by atoms with E-state index in [1.54, 1.807) is 42.1 Å². The van der Waals surface area contributed by atoms with Crippen molar-refractivity contribution >= 4 is 62.3 Å². The van der Waals surface area contributed by atoms with Gasteiger partial charge in [0.25, 0.3) is 10.0 Å². The Bertz CT molecular complexity index is 1340. The molecule has 2 heterocycles. The van der Waals surface area contributed by atoms with Gasteiger partial charge in [0, 0.05) is 23.8 Å². The smallest absolute Gasteiger partial charge is 0.266 e. The van der Waals surface area contributed by atoms with Gasteiger partial charge in [-0.3, -0.25) is 4.79 Å². The normalized spacial score (nSPS) is 18.1. The molecule has 0 radical (unpaired) electrons. The van der Waals surface area contributed by atoms with Crippen LogP contribution < -0.4 is 0 Å². The molecule has 0 aliphatic carbocycles. The average molecular weight is 512 g/mol. The van der Waals surface area contributed by atoms with Gasteiger partial charge in [-0.05, 0) is 48.9 Å². The first kappa shape index (κ1) is 22.8. The van der Waals surface area contributed by atoms with E-state index in [1.807, 2.05) is 0 Å². The molecule has 0 saturated heterocycles. The highest BCUT2D eigenvalue weighted by atomic mass is 35.5. The molecule has 1 aliphatic heterocycles. The van der Waals surface area contributed by atoms with Crippen molar-refractivity contribution in [2.45, 2.75) is 17.9 Å². The van der Waals surface area contributed by atoms with Gasteiger partial charge in [-0.25, -0.2) is 22.4 Å². The van der Waals surface area contributed by atoms with E-state index in [0.29, 0.717) is 32.2 Å². The quantitative estimate of drug-likeness (QED) is 0.493. The summed E-state index contributed by atoms with van der Waals surface area (Å²) in [6, 6.07) is 11.7. The minimum absolute atomic E-state index is 0.0472. The van der Waals surface area contributed by atoms with Crippen molar-refractivity contribution in [3.63, 3.8) is 0 Å². The van der Waals surface area contributed by atoms with Gasteiger partial charge >= 0.3 is 0 Å². The number of aliphatic imine (C=N–C) groups is 1. The number of rotatable bonds is 4. The molecule has 0 spiro atoms. The van der Waals surface area contributed by atoms with Crippen molar-refractivity contribution in [2.75, 3.05) is 7.05 Å². The maximum absolute atomic E-state index is 13.6. The minimum Gasteiger partial charge on any atom is -0.273 e. The van der Waals surface area contributed by atoms with Crippen molar-refractivity contribution in [3.8, 4) is 0 Å². The summed E-state index contributed by atoms with van der Waals surface area (Å²) in [4.78, 5) is 18.0. The fraction of sp³-hybridized carbons (Fsp3) is 0.190. The third-order valence-electron chi connectivity index (χ3n) is 5.30. The number of halogens is 3. The number of nitrogens with zero attached hydrogens (tertiary/aromatic N) is 4. The first-order chi connectivity index (χ1) is 15.1. The Hall–Kier alpha value is -2.39. The number of fused-ring (bicyclic) bond motifs is 1. The lowest BCUT2D eigenvalue weighted by Crippen LogP contribution is -2.45. The maximum Gasteiger partial charge on any atom is 0.266 e. The Kier molecular flexibility index (Phi) is 6.06. The Morgan fingerprint density at radius 3 is 2.38 bits per heavy atom. The van der Waals surface area contributed by atoms with Crippen LogP contribution in [0.4, 0.5) is 5.82 Å². The lowest BCUT2D eigenvalue weighted by Gasteiger charge is -2.33. The van der Waals surface area contributed by atoms with E-state index in [-0.39, 0.29) is 4.90 Å². The molecule has 0 fully saturated rings. The Morgan fingerprint density at radius 2 is 1.72 bits per heavy atom. The highest BCUT2D eigenvalue weighted by Crippen LogP contribution is 2.39. The number of amides is 1. The van der Waals surface area contributed by atoms with Crippen molar-refractivity contribution in [1.82, 2.24) is 14.1 Å². The molecule has 1 aromatic heterocycles. The molecule has 166 valence electrons. The van der Waals surface area contributed by atoms with Crippen molar-refractivity contribution in [2.24, 2.45) is 10.9 Å². The number of hydrogen-bond donors (Lipinski definition) is 0. The van der Waals surface area contributed by atoms with Crippen LogP contribution in [-0.2, 0) is 14.8 Å². The fourth-order valence-electron chi connectivity index (χ4n) is 3.65. The zero-order valence-electron chi connectivity index (χ0n) is 16.9. The molecule has 1 aliphatic rings. The van der Waals surface area contributed by atoms with Gasteiger partial charge in [0.1, 0.15) is 5.92 Å². The third-order valence-corrected chi connectivity index (χ3v) is 8.06. The van der Waals surface area contributed by atoms with Gasteiger partial charge in [0.2, 0.25) is 5.91 Å². The zero-order chi connectivity index (χ0) is 23.2. The van der Waals surface area contributed by atoms with E-state index in [2.05, 4.69) is 10.1 Å². The van der Waals surface area contributed by atoms with Gasteiger partial charge in [0.05, 0.1) is 27.2 Å². The van der Waals surface area contributed by atoms with Crippen LogP contribution in [0.25, 0.3) is 0 Å². The van der Waals surface area contributed by atoms with Crippen LogP contribution in [0.2, 0.25) is 15.1 Å². The van der Waals surface area contributed by atoms with Crippen LogP contribution in [0.15, 0.2) is 64.6 Å². The first-order valence-corrected chi connectivity index (χ1v) is 12.0. The summed E-state index contributed by atoms with van der Waals surface area (Å²) < 4.78 is 28.6. The second-order valence-corrected chi connectivity index (χ2v) is 10.5. The molecule has 3 aromatic rings. The minimum atomic E-state index is -4.12. The number of hydrogen-bond acceptors (Lipinski definition) is 5. The standard InChI is InChI=1S/C21H17Cl3N4O3S/c1-12-19(21(29)27(2)32(30,31)15-6-4-14(22)5-7-15)20(28-18(26-12)9-10-25-28)13-3-8-16(23)17(24)11-13/h3-11,19-20H,1-2H3. The van der Waals surface area contributed by atoms with Crippen molar-refractivity contribution < 1.29 is 13.2 Å². The number of carbonyl (C=O) groups is 1. The molecule has 1 amide bonds. The summed E-state index contributed by atoms with van der Waals surface area (Å²) in [7, 11) is -2.89. The van der Waals surface area contributed by atoms with Gasteiger partial charge in [0.15, 0.2) is 5.82 Å². The van der Waals surface area contributed by atoms with E-state index in [0.717, 1.165) is 4.31 Å². The van der Waals surface area contributed by atoms with E-state index < -0.39 is 27.9 Å². The lowest BCUT2D eigenvalue weighted by atomic mass is 9.87. The number of aromatic nitrogens is 2. The fourth-order valence-corrected chi connectivity index (χ4v) is 5.23. The lowest BCUT2D eigenvalue weighted by molar-refractivity contribution is -0.128. The summed E-state index contributed by atoms with van der Waals surface area (Å²) in [6.45, 7) is 1.69. The topological polar surface area (TPSA) is 84.6 Å². The molecule has 0 N–H and O–H groups in total. The summed E-state index contributed by atoms with van der Waals surface area (Å²) in [5.41, 5.74) is 1.10. The largest absolute Gasteiger partial charge is 0.273 e. The molecular weight excluding hydrogens is 495 g/mol. The molecule has 4 rings (SSSR count). The summed E-state index contributed by atoms with van der Waals surface area (Å²) >= 11 is 18.2. The average Bonchev–Trinajstić information content (AvgIpc) is 3.22. The van der Waals surface area contributed by atoms with Crippen LogP contribution in [0.5, 0.6) is 0 Å². The van der Waals surface area contributed by atoms with Crippen LogP contribution in [-0.4, -0.2) is 41.2 Å². The molecule has 11 heteroatoms. The van der Waals surface area contributed by atoms with Gasteiger partial charge in [-0.15, -0.1) is 0 Å². The van der Waals surface area contributed by atoms with Gasteiger partial charge < -0.3 is 0 Å². The number of sulfonamides is 1. The molecule has 32 heavy (non-hydrogen) atoms. The second-order valence-electron chi connectivity index (χ2n) is 7.25. The van der Waals surface area contributed by atoms with E-state index in [1.165, 1.54) is 31.3 Å². The van der Waals surface area contributed by atoms with Gasteiger partial charge in [-0.1, -0.05) is 40.9 Å². The first-order valence-electron chi connectivity index (χ1n) is 9.43. The van der Waals surface area contributed by atoms with Crippen LogP contribution >= 0.6 is 34.8 Å². The predicted octanol–water partition coefficient (Wildman–Crippen LogP) is 5.00. The number of carbonyl (C=O) groups excluding carboxylic acids is 1. The highest BCUT2D eigenvalue weighted by molar-refractivity contribution is 7.89. The molecule has 2 aromatic carbocycles. The van der Waals surface area contributed by atoms with Crippen molar-refractivity contribution in [1.29, 1.82) is 0 Å². The predicted molar refractivity (Wildman–Crippen MR) is 124 cm³/mol. The molecule has 7 nitrogen and oxygen atoms in total. The Morgan fingerprint density at radius 1 is 1.03 bits per heavy atom. The zero-order valence-corrected chi connectivity index (χ0v) is 20.0. The third kappa shape index (κ3) is 3.92. The van der Waals surface area contributed by atoms with Crippen LogP contribution in [0, 0.1) is 5.92 Å². The molecule has 2 unspecified atom stereocenters. The monoisotopic (exact) mass is 510 g/mol. The SMILES string of the molecule is CC1=Nc2ccnn2C(c2ccc(Cl)c(Cl)c2)C1C(=O)N(C)S(=O)(=O)c1ccc(Cl)cc1. The Labute approximate surface area is 200 Å². The summed E-state index contributed by atoms with van der Waals surface area (Å²) in [5, 5.41) is 5.38. The molecule has 2 atom stereocenters. The number of benzene rings is 2. The highest BCUT2D eigenvalue weighted by Gasteiger charge is 2.42. The van der Waals surface area contributed by atoms with E-state index in [9.17, 15) is 13.2 Å². The molecule has 0 bridgehead atoms. The Balaban J connectivity index is 1.79. The maximum atomic E-state index is 13.6. The van der Waals surface area contributed by atoms with Crippen molar-refractivity contribution in [3.05, 3.63) is 75.4 Å². The summed E-state index contributed by atoms with van der Waals surface area (Å²) in [6.07, 6.45) is 1.57. The molecule has 0 saturated carbocycles. The van der Waals surface area contributed by atoms with Crippen LogP contribution in [0.1, 0.15) is 18.5 Å². The van der Waals surface area contributed by atoms with Crippen LogP contribution in [0.3, 0.4) is 0 Å². The van der Waals surface area contributed by atoms with Gasteiger partial charge in [-0.2, -0.15) is 5.10 Å². The second kappa shape index (κ2) is 8.51. The summed E-state index contributed by atoms with van der Waals surface area (Å²) in [5.74, 6) is -1.05. The van der Waals surface area contributed by atoms with E-state index >= 15 is 0 Å². The van der Waals surface area contributed by atoms with E-state index in [4.69, 9.17) is 34.8 Å².